The van der Waals surface area contributed by atoms with Crippen molar-refractivity contribution in [3.8, 4) is 17.3 Å². The van der Waals surface area contributed by atoms with Crippen LogP contribution in [-0.2, 0) is 11.2 Å². The first-order chi connectivity index (χ1) is 16.8. The number of nitrogens with one attached hydrogen (secondary N) is 1. The Hall–Kier alpha value is -4.10. The lowest BCUT2D eigenvalue weighted by Crippen LogP contribution is -2.16. The van der Waals surface area contributed by atoms with Crippen LogP contribution in [0.1, 0.15) is 11.1 Å². The van der Waals surface area contributed by atoms with E-state index in [0.29, 0.717) is 16.7 Å². The van der Waals surface area contributed by atoms with E-state index < -0.39 is 0 Å². The number of rotatable bonds is 8. The van der Waals surface area contributed by atoms with Gasteiger partial charge in [0, 0.05) is 11.4 Å². The highest BCUT2D eigenvalue weighted by molar-refractivity contribution is 7.99. The number of hydrogen-bond acceptors (Lipinski definition) is 5. The van der Waals surface area contributed by atoms with Crippen molar-refractivity contribution in [1.82, 2.24) is 14.8 Å². The maximum atomic E-state index is 12.9. The quantitative estimate of drug-likeness (QED) is 0.291. The van der Waals surface area contributed by atoms with Gasteiger partial charge in [-0.2, -0.15) is 0 Å². The van der Waals surface area contributed by atoms with Crippen LogP contribution in [0.25, 0.3) is 17.3 Å². The number of nitrogens with zero attached hydrogens (tertiary/aromatic N) is 3. The van der Waals surface area contributed by atoms with Gasteiger partial charge in [0.2, 0.25) is 11.7 Å². The van der Waals surface area contributed by atoms with Gasteiger partial charge in [0.05, 0.1) is 12.0 Å². The molecule has 3 aromatic carbocycles. The number of para-hydroxylation sites is 2. The molecule has 7 heteroatoms. The van der Waals surface area contributed by atoms with Gasteiger partial charge >= 0.3 is 0 Å². The van der Waals surface area contributed by atoms with E-state index in [-0.39, 0.29) is 11.7 Å². The summed E-state index contributed by atoms with van der Waals surface area (Å²) in [7, 11) is 0. The van der Waals surface area contributed by atoms with Gasteiger partial charge in [-0.05, 0) is 47.9 Å². The second kappa shape index (κ2) is 10.2. The van der Waals surface area contributed by atoms with Crippen LogP contribution in [0, 0.1) is 0 Å². The van der Waals surface area contributed by atoms with E-state index in [4.69, 9.17) is 4.42 Å². The Bertz CT molecular complexity index is 1370. The molecule has 0 fully saturated rings. The first-order valence-electron chi connectivity index (χ1n) is 10.9. The van der Waals surface area contributed by atoms with E-state index >= 15 is 0 Å². The molecule has 6 nitrogen and oxygen atoms in total. The Morgan fingerprint density at radius 3 is 2.35 bits per heavy atom. The van der Waals surface area contributed by atoms with Gasteiger partial charge in [0.25, 0.3) is 0 Å². The molecule has 0 radical (unpaired) electrons. The van der Waals surface area contributed by atoms with Crippen LogP contribution in [0.15, 0.2) is 113 Å². The molecule has 0 saturated carbocycles. The number of amides is 1. The Balaban J connectivity index is 1.32. The molecule has 168 valence electrons. The Labute approximate surface area is 201 Å². The van der Waals surface area contributed by atoms with Crippen molar-refractivity contribution < 1.29 is 9.21 Å². The molecule has 0 aliphatic carbocycles. The zero-order valence-electron chi connectivity index (χ0n) is 18.3. The fourth-order valence-corrected chi connectivity index (χ4v) is 4.42. The summed E-state index contributed by atoms with van der Waals surface area (Å²) >= 11 is 1.33. The molecule has 0 spiro atoms. The van der Waals surface area contributed by atoms with Crippen LogP contribution < -0.4 is 5.32 Å². The number of thioether (sulfide) groups is 1. The minimum atomic E-state index is -0.104. The molecule has 2 aromatic heterocycles. The second-order valence-corrected chi connectivity index (χ2v) is 8.55. The molecular weight excluding hydrogens is 444 g/mol. The SMILES string of the molecule is O=C(CSc1nnc(-c2ccco2)n1-c1ccccc1)Nc1ccccc1Cc1ccccc1. The summed E-state index contributed by atoms with van der Waals surface area (Å²) in [4.78, 5) is 12.9. The third-order valence-electron chi connectivity index (χ3n) is 5.25. The molecule has 0 bridgehead atoms. The smallest absolute Gasteiger partial charge is 0.234 e. The zero-order valence-corrected chi connectivity index (χ0v) is 19.1. The van der Waals surface area contributed by atoms with Crippen molar-refractivity contribution in [3.05, 3.63) is 114 Å². The molecule has 2 heterocycles. The largest absolute Gasteiger partial charge is 0.461 e. The molecule has 0 unspecified atom stereocenters. The van der Waals surface area contributed by atoms with Crippen molar-refractivity contribution in [1.29, 1.82) is 0 Å². The normalized spacial score (nSPS) is 10.8. The topological polar surface area (TPSA) is 73.0 Å². The highest BCUT2D eigenvalue weighted by Crippen LogP contribution is 2.28. The van der Waals surface area contributed by atoms with Gasteiger partial charge in [-0.25, -0.2) is 0 Å². The van der Waals surface area contributed by atoms with Crippen LogP contribution in [0.5, 0.6) is 0 Å². The Morgan fingerprint density at radius 2 is 1.59 bits per heavy atom. The summed E-state index contributed by atoms with van der Waals surface area (Å²) < 4.78 is 7.45. The van der Waals surface area contributed by atoms with Gasteiger partial charge in [-0.1, -0.05) is 78.5 Å². The Morgan fingerprint density at radius 1 is 0.853 bits per heavy atom. The van der Waals surface area contributed by atoms with E-state index in [1.54, 1.807) is 6.26 Å². The summed E-state index contributed by atoms with van der Waals surface area (Å²) in [5.41, 5.74) is 3.98. The van der Waals surface area contributed by atoms with Crippen LogP contribution >= 0.6 is 11.8 Å². The first-order valence-corrected chi connectivity index (χ1v) is 11.9. The molecule has 0 aliphatic heterocycles. The van der Waals surface area contributed by atoms with Crippen molar-refractivity contribution in [2.24, 2.45) is 0 Å². The van der Waals surface area contributed by atoms with E-state index in [0.717, 1.165) is 23.4 Å². The molecule has 5 aromatic rings. The standard InChI is InChI=1S/C27H22N4O2S/c32-25(28-23-15-8-7-12-21(23)18-20-10-3-1-4-11-20)19-34-27-30-29-26(24-16-9-17-33-24)31(27)22-13-5-2-6-14-22/h1-17H,18-19H2,(H,28,32). The second-order valence-electron chi connectivity index (χ2n) is 7.61. The zero-order chi connectivity index (χ0) is 23.2. The predicted octanol–water partition coefficient (Wildman–Crippen LogP) is 5.85. The van der Waals surface area contributed by atoms with Crippen molar-refractivity contribution in [3.63, 3.8) is 0 Å². The maximum absolute atomic E-state index is 12.9. The number of anilines is 1. The average molecular weight is 467 g/mol. The fourth-order valence-electron chi connectivity index (χ4n) is 3.67. The minimum Gasteiger partial charge on any atom is -0.461 e. The van der Waals surface area contributed by atoms with E-state index in [9.17, 15) is 4.79 Å². The lowest BCUT2D eigenvalue weighted by molar-refractivity contribution is -0.113. The van der Waals surface area contributed by atoms with Gasteiger partial charge in [-0.3, -0.25) is 9.36 Å². The van der Waals surface area contributed by atoms with Crippen LogP contribution in [-0.4, -0.2) is 26.4 Å². The first kappa shape index (κ1) is 21.7. The summed E-state index contributed by atoms with van der Waals surface area (Å²) in [6, 6.07) is 31.6. The molecule has 0 atom stereocenters. The van der Waals surface area contributed by atoms with Gasteiger partial charge in [0.1, 0.15) is 0 Å². The predicted molar refractivity (Wildman–Crippen MR) is 134 cm³/mol. The monoisotopic (exact) mass is 466 g/mol. The number of carbonyl (C=O) groups excluding carboxylic acids is 1. The highest BCUT2D eigenvalue weighted by atomic mass is 32.2. The summed E-state index contributed by atoms with van der Waals surface area (Å²) in [6.07, 6.45) is 2.35. The molecule has 34 heavy (non-hydrogen) atoms. The summed E-state index contributed by atoms with van der Waals surface area (Å²) in [5, 5.41) is 12.3. The lowest BCUT2D eigenvalue weighted by Gasteiger charge is -2.12. The number of furan rings is 1. The summed E-state index contributed by atoms with van der Waals surface area (Å²) in [6.45, 7) is 0. The minimum absolute atomic E-state index is 0.104. The van der Waals surface area contributed by atoms with Crippen LogP contribution in [0.3, 0.4) is 0 Å². The van der Waals surface area contributed by atoms with E-state index in [1.807, 2.05) is 89.5 Å². The Kier molecular flexibility index (Phi) is 6.54. The number of carbonyl (C=O) groups is 1. The van der Waals surface area contributed by atoms with Crippen LogP contribution in [0.2, 0.25) is 0 Å². The number of aromatic nitrogens is 3. The van der Waals surface area contributed by atoms with Gasteiger partial charge < -0.3 is 9.73 Å². The van der Waals surface area contributed by atoms with Crippen LogP contribution in [0.4, 0.5) is 5.69 Å². The van der Waals surface area contributed by atoms with Crippen molar-refractivity contribution >= 4 is 23.4 Å². The number of benzene rings is 3. The third-order valence-corrected chi connectivity index (χ3v) is 6.18. The summed E-state index contributed by atoms with van der Waals surface area (Å²) in [5.74, 6) is 1.30. The molecule has 1 amide bonds. The fraction of sp³-hybridized carbons (Fsp3) is 0.0741. The molecule has 0 aliphatic rings. The average Bonchev–Trinajstić information content (AvgIpc) is 3.55. The molecular formula is C27H22N4O2S. The van der Waals surface area contributed by atoms with E-state index in [1.165, 1.54) is 17.3 Å². The van der Waals surface area contributed by atoms with Crippen molar-refractivity contribution in [2.75, 3.05) is 11.1 Å². The molecule has 0 saturated heterocycles. The lowest BCUT2D eigenvalue weighted by atomic mass is 10.0. The van der Waals surface area contributed by atoms with Gasteiger partial charge in [-0.15, -0.1) is 10.2 Å². The van der Waals surface area contributed by atoms with E-state index in [2.05, 4.69) is 27.6 Å². The third kappa shape index (κ3) is 4.94. The number of hydrogen-bond donors (Lipinski definition) is 1. The maximum Gasteiger partial charge on any atom is 0.234 e. The van der Waals surface area contributed by atoms with Crippen molar-refractivity contribution in [2.45, 2.75) is 11.6 Å². The highest BCUT2D eigenvalue weighted by Gasteiger charge is 2.19. The molecule has 5 rings (SSSR count). The van der Waals surface area contributed by atoms with Gasteiger partial charge in [0.15, 0.2) is 10.9 Å². The molecule has 1 N–H and O–H groups in total.